The summed E-state index contributed by atoms with van der Waals surface area (Å²) in [6.45, 7) is 4.76. The molecule has 0 unspecified atom stereocenters. The van der Waals surface area contributed by atoms with Gasteiger partial charge in [0.15, 0.2) is 5.03 Å². The summed E-state index contributed by atoms with van der Waals surface area (Å²) in [4.78, 5) is 4.03. The predicted molar refractivity (Wildman–Crippen MR) is 82.5 cm³/mol. The Kier molecular flexibility index (Phi) is 8.44. The molecule has 0 saturated heterocycles. The maximum absolute atomic E-state index is 12.0. The zero-order chi connectivity index (χ0) is 15.6. The van der Waals surface area contributed by atoms with Crippen molar-refractivity contribution in [3.63, 3.8) is 0 Å². The molecule has 6 nitrogen and oxygen atoms in total. The number of unbranched alkanes of at least 4 members (excludes halogenated alkanes) is 1. The molecule has 7 heteroatoms. The van der Waals surface area contributed by atoms with Crippen LogP contribution in [0.25, 0.3) is 0 Å². The van der Waals surface area contributed by atoms with Gasteiger partial charge in [0.25, 0.3) is 10.0 Å². The highest BCUT2D eigenvalue weighted by atomic mass is 32.2. The van der Waals surface area contributed by atoms with Crippen molar-refractivity contribution in [1.82, 2.24) is 15.0 Å². The van der Waals surface area contributed by atoms with E-state index in [1.54, 1.807) is 25.4 Å². The van der Waals surface area contributed by atoms with Gasteiger partial charge in [-0.1, -0.05) is 13.0 Å². The standard InChI is InChI=1S/C14H25N3O3S/c1-3-8-15-11-13-6-7-14(16-12-13)21(18,19)17-9-4-5-10-20-2/h6-7,12,15,17H,3-5,8-11H2,1-2H3. The Morgan fingerprint density at radius 2 is 2.05 bits per heavy atom. The van der Waals surface area contributed by atoms with Gasteiger partial charge in [-0.15, -0.1) is 0 Å². The largest absolute Gasteiger partial charge is 0.385 e. The number of rotatable bonds is 11. The molecule has 0 amide bonds. The highest BCUT2D eigenvalue weighted by Crippen LogP contribution is 2.06. The summed E-state index contributed by atoms with van der Waals surface area (Å²) < 4.78 is 31.5. The van der Waals surface area contributed by atoms with E-state index in [1.807, 2.05) is 0 Å². The fourth-order valence-electron chi connectivity index (χ4n) is 1.74. The van der Waals surface area contributed by atoms with Crippen LogP contribution in [-0.2, 0) is 21.3 Å². The molecule has 0 aliphatic rings. The zero-order valence-electron chi connectivity index (χ0n) is 12.8. The quantitative estimate of drug-likeness (QED) is 0.601. The molecule has 0 bridgehead atoms. The number of methoxy groups -OCH3 is 1. The van der Waals surface area contributed by atoms with Gasteiger partial charge in [0.1, 0.15) is 0 Å². The predicted octanol–water partition coefficient (Wildman–Crippen LogP) is 1.29. The van der Waals surface area contributed by atoms with E-state index in [4.69, 9.17) is 4.74 Å². The lowest BCUT2D eigenvalue weighted by atomic mass is 10.3. The fraction of sp³-hybridized carbons (Fsp3) is 0.643. The molecule has 0 fully saturated rings. The van der Waals surface area contributed by atoms with E-state index in [2.05, 4.69) is 21.9 Å². The van der Waals surface area contributed by atoms with E-state index in [1.165, 1.54) is 0 Å². The van der Waals surface area contributed by atoms with Crippen LogP contribution in [-0.4, -0.2) is 40.2 Å². The van der Waals surface area contributed by atoms with Gasteiger partial charge in [-0.2, -0.15) is 0 Å². The van der Waals surface area contributed by atoms with E-state index >= 15 is 0 Å². The number of pyridine rings is 1. The molecule has 1 heterocycles. The number of ether oxygens (including phenoxy) is 1. The van der Waals surface area contributed by atoms with Crippen LogP contribution in [0.3, 0.4) is 0 Å². The Morgan fingerprint density at radius 1 is 1.24 bits per heavy atom. The molecule has 0 aliphatic heterocycles. The van der Waals surface area contributed by atoms with Gasteiger partial charge in [-0.25, -0.2) is 18.1 Å². The van der Waals surface area contributed by atoms with E-state index in [-0.39, 0.29) is 5.03 Å². The van der Waals surface area contributed by atoms with Crippen LogP contribution in [0.1, 0.15) is 31.7 Å². The van der Waals surface area contributed by atoms with Crippen molar-refractivity contribution in [3.8, 4) is 0 Å². The molecule has 1 rings (SSSR count). The number of sulfonamides is 1. The SMILES string of the molecule is CCCNCc1ccc(S(=O)(=O)NCCCCOC)nc1. The van der Waals surface area contributed by atoms with E-state index in [0.29, 0.717) is 19.7 Å². The maximum atomic E-state index is 12.0. The monoisotopic (exact) mass is 315 g/mol. The average Bonchev–Trinajstić information content (AvgIpc) is 2.48. The molecule has 2 N–H and O–H groups in total. The first kappa shape index (κ1) is 18.0. The van der Waals surface area contributed by atoms with Crippen molar-refractivity contribution in [2.45, 2.75) is 37.8 Å². The van der Waals surface area contributed by atoms with Crippen molar-refractivity contribution in [2.24, 2.45) is 0 Å². The van der Waals surface area contributed by atoms with Gasteiger partial charge in [0.2, 0.25) is 0 Å². The van der Waals surface area contributed by atoms with Crippen LogP contribution in [0.15, 0.2) is 23.4 Å². The van der Waals surface area contributed by atoms with E-state index in [9.17, 15) is 8.42 Å². The Morgan fingerprint density at radius 3 is 2.67 bits per heavy atom. The van der Waals surface area contributed by atoms with E-state index < -0.39 is 10.0 Å². The number of hydrogen-bond donors (Lipinski definition) is 2. The summed E-state index contributed by atoms with van der Waals surface area (Å²) >= 11 is 0. The second kappa shape index (κ2) is 9.83. The molecule has 0 saturated carbocycles. The van der Waals surface area contributed by atoms with Crippen LogP contribution in [0, 0.1) is 0 Å². The van der Waals surface area contributed by atoms with Crippen molar-refractivity contribution in [1.29, 1.82) is 0 Å². The zero-order valence-corrected chi connectivity index (χ0v) is 13.6. The van der Waals surface area contributed by atoms with Gasteiger partial charge < -0.3 is 10.1 Å². The lowest BCUT2D eigenvalue weighted by Crippen LogP contribution is -2.26. The highest BCUT2D eigenvalue weighted by molar-refractivity contribution is 7.89. The minimum atomic E-state index is -3.51. The molecular formula is C14H25N3O3S. The summed E-state index contributed by atoms with van der Waals surface area (Å²) in [6.07, 6.45) is 4.23. The number of nitrogens with zero attached hydrogens (tertiary/aromatic N) is 1. The highest BCUT2D eigenvalue weighted by Gasteiger charge is 2.14. The summed E-state index contributed by atoms with van der Waals surface area (Å²) in [6, 6.07) is 3.33. The Labute approximate surface area is 127 Å². The molecule has 1 aromatic rings. The molecule has 120 valence electrons. The summed E-state index contributed by atoms with van der Waals surface area (Å²) in [7, 11) is -1.88. The van der Waals surface area contributed by atoms with Crippen molar-refractivity contribution in [3.05, 3.63) is 23.9 Å². The lowest BCUT2D eigenvalue weighted by Gasteiger charge is -2.07. The third kappa shape index (κ3) is 6.99. The van der Waals surface area contributed by atoms with Crippen molar-refractivity contribution in [2.75, 3.05) is 26.8 Å². The summed E-state index contributed by atoms with van der Waals surface area (Å²) in [5.74, 6) is 0. The lowest BCUT2D eigenvalue weighted by molar-refractivity contribution is 0.193. The fourth-order valence-corrected chi connectivity index (χ4v) is 2.74. The van der Waals surface area contributed by atoms with Gasteiger partial charge in [0, 0.05) is 33.0 Å². The van der Waals surface area contributed by atoms with Crippen LogP contribution in [0.5, 0.6) is 0 Å². The Hall–Kier alpha value is -1.02. The molecule has 0 spiro atoms. The molecule has 0 aromatic carbocycles. The molecular weight excluding hydrogens is 290 g/mol. The topological polar surface area (TPSA) is 80.3 Å². The first-order valence-electron chi connectivity index (χ1n) is 7.24. The van der Waals surface area contributed by atoms with Gasteiger partial charge in [0.05, 0.1) is 0 Å². The third-order valence-corrected chi connectivity index (χ3v) is 4.27. The average molecular weight is 315 g/mol. The molecule has 0 radical (unpaired) electrons. The molecule has 1 aromatic heterocycles. The van der Waals surface area contributed by atoms with Crippen molar-refractivity contribution >= 4 is 10.0 Å². The van der Waals surface area contributed by atoms with Crippen molar-refractivity contribution < 1.29 is 13.2 Å². The number of hydrogen-bond acceptors (Lipinski definition) is 5. The second-order valence-corrected chi connectivity index (χ2v) is 6.49. The van der Waals surface area contributed by atoms with Crippen LogP contribution in [0.2, 0.25) is 0 Å². The maximum Gasteiger partial charge on any atom is 0.258 e. The number of nitrogens with one attached hydrogen (secondary N) is 2. The summed E-state index contributed by atoms with van der Waals surface area (Å²) in [5, 5.41) is 3.31. The van der Waals surface area contributed by atoms with Crippen LogP contribution >= 0.6 is 0 Å². The second-order valence-electron chi connectivity index (χ2n) is 4.78. The van der Waals surface area contributed by atoms with E-state index in [0.717, 1.165) is 31.4 Å². The van der Waals surface area contributed by atoms with Gasteiger partial charge in [-0.3, -0.25) is 0 Å². The summed E-state index contributed by atoms with van der Waals surface area (Å²) in [5.41, 5.74) is 0.975. The molecule has 0 atom stereocenters. The molecule has 21 heavy (non-hydrogen) atoms. The Bertz CT molecular complexity index is 489. The third-order valence-electron chi connectivity index (χ3n) is 2.90. The van der Waals surface area contributed by atoms with Gasteiger partial charge in [-0.05, 0) is 37.4 Å². The van der Waals surface area contributed by atoms with Crippen LogP contribution in [0.4, 0.5) is 0 Å². The normalized spacial score (nSPS) is 11.7. The van der Waals surface area contributed by atoms with Gasteiger partial charge >= 0.3 is 0 Å². The minimum absolute atomic E-state index is 0.0634. The van der Waals surface area contributed by atoms with Crippen LogP contribution < -0.4 is 10.0 Å². The molecule has 0 aliphatic carbocycles. The first-order valence-corrected chi connectivity index (χ1v) is 8.72. The Balaban J connectivity index is 2.47. The smallest absolute Gasteiger partial charge is 0.258 e. The minimum Gasteiger partial charge on any atom is -0.385 e. The first-order chi connectivity index (χ1) is 10.1. The number of aromatic nitrogens is 1.